The Morgan fingerprint density at radius 1 is 1.39 bits per heavy atom. The van der Waals surface area contributed by atoms with Gasteiger partial charge in [-0.15, -0.1) is 0 Å². The maximum atomic E-state index is 12.4. The molecule has 1 saturated heterocycles. The number of nitrogens with zero attached hydrogens (tertiary/aromatic N) is 3. The molecule has 2 aliphatic rings. The van der Waals surface area contributed by atoms with Crippen molar-refractivity contribution in [3.8, 4) is 0 Å². The summed E-state index contributed by atoms with van der Waals surface area (Å²) < 4.78 is 7.16. The Kier molecular flexibility index (Phi) is 4.97. The van der Waals surface area contributed by atoms with Gasteiger partial charge in [0, 0.05) is 32.9 Å². The first-order chi connectivity index (χ1) is 11.2. The minimum absolute atomic E-state index is 0.0813. The third kappa shape index (κ3) is 3.56. The van der Waals surface area contributed by atoms with Gasteiger partial charge in [0.1, 0.15) is 11.7 Å². The predicted octanol–water partition coefficient (Wildman–Crippen LogP) is -0.219. The van der Waals surface area contributed by atoms with Crippen LogP contribution in [0.4, 0.5) is 0 Å². The van der Waals surface area contributed by atoms with Crippen molar-refractivity contribution in [3.05, 3.63) is 24.0 Å². The lowest BCUT2D eigenvalue weighted by molar-refractivity contribution is -0.126. The van der Waals surface area contributed by atoms with Crippen molar-refractivity contribution < 1.29 is 14.3 Å². The molecule has 0 aliphatic carbocycles. The Bertz CT molecular complexity index is 565. The van der Waals surface area contributed by atoms with E-state index in [0.29, 0.717) is 18.8 Å². The number of hydrogen-bond acceptors (Lipinski definition) is 4. The monoisotopic (exact) mass is 320 g/mol. The van der Waals surface area contributed by atoms with Crippen LogP contribution in [0.1, 0.15) is 16.9 Å². The van der Waals surface area contributed by atoms with E-state index in [-0.39, 0.29) is 11.8 Å². The molecule has 23 heavy (non-hydrogen) atoms. The number of ether oxygens (including phenoxy) is 1. The third-order valence-corrected chi connectivity index (χ3v) is 4.56. The molecule has 3 rings (SSSR count). The molecule has 2 aliphatic heterocycles. The lowest BCUT2D eigenvalue weighted by Crippen LogP contribution is -2.53. The average Bonchev–Trinajstić information content (AvgIpc) is 3.04. The van der Waals surface area contributed by atoms with Gasteiger partial charge in [0.2, 0.25) is 5.91 Å². The van der Waals surface area contributed by atoms with Crippen molar-refractivity contribution in [3.63, 3.8) is 0 Å². The normalized spacial score (nSPS) is 22.0. The quantitative estimate of drug-likeness (QED) is 0.762. The first kappa shape index (κ1) is 16.0. The molecule has 0 aromatic carbocycles. The van der Waals surface area contributed by atoms with Gasteiger partial charge in [-0.25, -0.2) is 0 Å². The fourth-order valence-corrected chi connectivity index (χ4v) is 3.11. The molecule has 1 aromatic heterocycles. The Labute approximate surface area is 136 Å². The van der Waals surface area contributed by atoms with E-state index in [0.717, 1.165) is 39.3 Å². The first-order valence-electron chi connectivity index (χ1n) is 8.17. The third-order valence-electron chi connectivity index (χ3n) is 4.56. The molecule has 0 radical (unpaired) electrons. The van der Waals surface area contributed by atoms with Crippen molar-refractivity contribution in [2.75, 3.05) is 46.4 Å². The largest absolute Gasteiger partial charge is 0.379 e. The van der Waals surface area contributed by atoms with E-state index in [2.05, 4.69) is 10.2 Å². The highest BCUT2D eigenvalue weighted by atomic mass is 16.5. The number of carbonyl (C=O) groups is 2. The molecule has 0 saturated carbocycles. The molecule has 0 spiro atoms. The second-order valence-corrected chi connectivity index (χ2v) is 6.08. The Balaban J connectivity index is 1.46. The van der Waals surface area contributed by atoms with Crippen LogP contribution in [-0.2, 0) is 16.1 Å². The Hall–Kier alpha value is -1.86. The van der Waals surface area contributed by atoms with Gasteiger partial charge >= 0.3 is 0 Å². The maximum Gasteiger partial charge on any atom is 0.270 e. The summed E-state index contributed by atoms with van der Waals surface area (Å²) in [7, 11) is 1.69. The molecule has 3 heterocycles. The van der Waals surface area contributed by atoms with Crippen molar-refractivity contribution in [1.82, 2.24) is 19.7 Å². The van der Waals surface area contributed by atoms with E-state index in [9.17, 15) is 9.59 Å². The summed E-state index contributed by atoms with van der Waals surface area (Å²) in [6.07, 6.45) is 2.75. The van der Waals surface area contributed by atoms with Crippen LogP contribution in [0.3, 0.4) is 0 Å². The highest BCUT2D eigenvalue weighted by Gasteiger charge is 2.33. The van der Waals surface area contributed by atoms with E-state index >= 15 is 0 Å². The van der Waals surface area contributed by atoms with Crippen LogP contribution in [0, 0.1) is 0 Å². The fourth-order valence-electron chi connectivity index (χ4n) is 3.11. The van der Waals surface area contributed by atoms with Crippen LogP contribution >= 0.6 is 0 Å². The van der Waals surface area contributed by atoms with E-state index in [1.807, 2.05) is 16.8 Å². The van der Waals surface area contributed by atoms with Crippen molar-refractivity contribution in [1.29, 1.82) is 0 Å². The molecule has 126 valence electrons. The van der Waals surface area contributed by atoms with E-state index in [4.69, 9.17) is 4.74 Å². The number of aromatic nitrogens is 1. The number of fused-ring (bicyclic) bond motifs is 1. The smallest absolute Gasteiger partial charge is 0.270 e. The molecule has 2 amide bonds. The van der Waals surface area contributed by atoms with Crippen LogP contribution in [0.2, 0.25) is 0 Å². The summed E-state index contributed by atoms with van der Waals surface area (Å²) in [5.74, 6) is -0.183. The van der Waals surface area contributed by atoms with Gasteiger partial charge in [-0.3, -0.25) is 14.5 Å². The van der Waals surface area contributed by atoms with Crippen LogP contribution in [0.15, 0.2) is 18.3 Å². The van der Waals surface area contributed by atoms with Crippen molar-refractivity contribution in [2.45, 2.75) is 19.0 Å². The maximum absolute atomic E-state index is 12.4. The minimum atomic E-state index is -0.439. The minimum Gasteiger partial charge on any atom is -0.379 e. The molecule has 1 atom stereocenters. The topological polar surface area (TPSA) is 66.8 Å². The first-order valence-corrected chi connectivity index (χ1v) is 8.17. The second kappa shape index (κ2) is 7.14. The van der Waals surface area contributed by atoms with E-state index in [1.54, 1.807) is 13.1 Å². The Morgan fingerprint density at radius 3 is 2.96 bits per heavy atom. The van der Waals surface area contributed by atoms with Gasteiger partial charge < -0.3 is 19.5 Å². The van der Waals surface area contributed by atoms with Crippen molar-refractivity contribution >= 4 is 11.8 Å². The second-order valence-electron chi connectivity index (χ2n) is 6.08. The highest BCUT2D eigenvalue weighted by molar-refractivity contribution is 5.97. The molecule has 1 unspecified atom stereocenters. The Morgan fingerprint density at radius 2 is 2.17 bits per heavy atom. The zero-order chi connectivity index (χ0) is 16.2. The summed E-state index contributed by atoms with van der Waals surface area (Å²) in [6, 6.07) is 3.18. The number of carbonyl (C=O) groups excluding carboxylic acids is 2. The summed E-state index contributed by atoms with van der Waals surface area (Å²) in [4.78, 5) is 28.5. The summed E-state index contributed by atoms with van der Waals surface area (Å²) in [5, 5.41) is 2.96. The standard InChI is InChI=1S/C16H24N4O3/c1-18-14(12-20-7-2-4-13(20)16(18)22)15(21)17-5-3-6-19-8-10-23-11-9-19/h2,4,7,14H,3,5-6,8-12H2,1H3,(H,17,21). The van der Waals surface area contributed by atoms with Gasteiger partial charge in [0.05, 0.1) is 19.8 Å². The van der Waals surface area contributed by atoms with Gasteiger partial charge in [-0.1, -0.05) is 0 Å². The molecular formula is C16H24N4O3. The van der Waals surface area contributed by atoms with Crippen LogP contribution in [-0.4, -0.2) is 78.7 Å². The molecule has 1 fully saturated rings. The lowest BCUT2D eigenvalue weighted by atomic mass is 10.1. The van der Waals surface area contributed by atoms with Crippen LogP contribution in [0.25, 0.3) is 0 Å². The number of hydrogen-bond donors (Lipinski definition) is 1. The summed E-state index contributed by atoms with van der Waals surface area (Å²) in [6.45, 7) is 5.62. The molecule has 0 bridgehead atoms. The van der Waals surface area contributed by atoms with E-state index < -0.39 is 6.04 Å². The highest BCUT2D eigenvalue weighted by Crippen LogP contribution is 2.16. The number of rotatable bonds is 5. The molecule has 7 nitrogen and oxygen atoms in total. The number of morpholine rings is 1. The SMILES string of the molecule is CN1C(=O)c2cccn2CC1C(=O)NCCCN1CCOCC1. The van der Waals surface area contributed by atoms with Gasteiger partial charge in [-0.2, -0.15) is 0 Å². The van der Waals surface area contributed by atoms with Crippen LogP contribution in [0.5, 0.6) is 0 Å². The average molecular weight is 320 g/mol. The zero-order valence-electron chi connectivity index (χ0n) is 13.5. The van der Waals surface area contributed by atoms with E-state index in [1.165, 1.54) is 4.90 Å². The molecule has 1 N–H and O–H groups in total. The lowest BCUT2D eigenvalue weighted by Gasteiger charge is -2.32. The number of likely N-dealkylation sites (N-methyl/N-ethyl adjacent to an activating group) is 1. The number of nitrogens with one attached hydrogen (secondary N) is 1. The van der Waals surface area contributed by atoms with Gasteiger partial charge in [0.25, 0.3) is 5.91 Å². The molecule has 7 heteroatoms. The van der Waals surface area contributed by atoms with Crippen LogP contribution < -0.4 is 5.32 Å². The number of amides is 2. The van der Waals surface area contributed by atoms with Gasteiger partial charge in [-0.05, 0) is 25.1 Å². The molecule has 1 aromatic rings. The van der Waals surface area contributed by atoms with Crippen molar-refractivity contribution in [2.24, 2.45) is 0 Å². The summed E-state index contributed by atoms with van der Waals surface area (Å²) in [5.41, 5.74) is 0.642. The van der Waals surface area contributed by atoms with Gasteiger partial charge in [0.15, 0.2) is 0 Å². The predicted molar refractivity (Wildman–Crippen MR) is 85.2 cm³/mol. The zero-order valence-corrected chi connectivity index (χ0v) is 13.5. The molecular weight excluding hydrogens is 296 g/mol. The fraction of sp³-hybridized carbons (Fsp3) is 0.625. The summed E-state index contributed by atoms with van der Waals surface area (Å²) >= 11 is 0.